The van der Waals surface area contributed by atoms with Gasteiger partial charge in [0.05, 0.1) is 5.41 Å². The van der Waals surface area contributed by atoms with E-state index in [4.69, 9.17) is 5.73 Å². The monoisotopic (exact) mass is 354 g/mol. The first kappa shape index (κ1) is 20.3. The summed E-state index contributed by atoms with van der Waals surface area (Å²) in [7, 11) is 0. The Morgan fingerprint density at radius 1 is 1.38 bits per heavy atom. The molecular weight excluding hydrogens is 328 g/mol. The maximum atomic E-state index is 12.6. The minimum absolute atomic E-state index is 0. The third kappa shape index (κ3) is 4.19. The van der Waals surface area contributed by atoms with E-state index in [0.29, 0.717) is 38.2 Å². The number of nitrogens with one attached hydrogen (secondary N) is 2. The topological polar surface area (TPSA) is 87.5 Å². The summed E-state index contributed by atoms with van der Waals surface area (Å²) in [6.07, 6.45) is 2.30. The summed E-state index contributed by atoms with van der Waals surface area (Å²) in [5, 5.41) is 5.78. The minimum atomic E-state index is -0.543. The first-order valence-electron chi connectivity index (χ1n) is 8.23. The van der Waals surface area contributed by atoms with Crippen molar-refractivity contribution in [3.63, 3.8) is 0 Å². The summed E-state index contributed by atoms with van der Waals surface area (Å²) < 4.78 is 0. The number of anilines is 2. The van der Waals surface area contributed by atoms with Gasteiger partial charge in [-0.15, -0.1) is 12.4 Å². The third-order valence-corrected chi connectivity index (χ3v) is 4.72. The summed E-state index contributed by atoms with van der Waals surface area (Å²) in [6.45, 7) is 5.66. The number of carbonyl (C=O) groups excluding carboxylic acids is 2. The Kier molecular flexibility index (Phi) is 7.51. The van der Waals surface area contributed by atoms with Gasteiger partial charge in [-0.05, 0) is 37.5 Å². The molecule has 0 atom stereocenters. The smallest absolute Gasteiger partial charge is 0.321 e. The maximum absolute atomic E-state index is 12.6. The lowest BCUT2D eigenvalue weighted by atomic mass is 9.81. The van der Waals surface area contributed by atoms with Crippen LogP contribution in [0, 0.1) is 5.41 Å². The van der Waals surface area contributed by atoms with Gasteiger partial charge in [0, 0.05) is 31.0 Å². The van der Waals surface area contributed by atoms with Crippen LogP contribution >= 0.6 is 12.4 Å². The summed E-state index contributed by atoms with van der Waals surface area (Å²) in [4.78, 5) is 26.2. The van der Waals surface area contributed by atoms with Crippen LogP contribution in [0.4, 0.5) is 16.2 Å². The highest BCUT2D eigenvalue weighted by Gasteiger charge is 2.33. The number of nitrogens with zero attached hydrogens (tertiary/aromatic N) is 1. The molecule has 1 heterocycles. The summed E-state index contributed by atoms with van der Waals surface area (Å²) in [5.41, 5.74) is 6.75. The minimum Gasteiger partial charge on any atom is -0.338 e. The van der Waals surface area contributed by atoms with Crippen LogP contribution in [0.2, 0.25) is 0 Å². The molecule has 24 heavy (non-hydrogen) atoms. The molecule has 0 bridgehead atoms. The molecule has 0 radical (unpaired) electrons. The van der Waals surface area contributed by atoms with E-state index in [1.54, 1.807) is 4.90 Å². The second-order valence-electron chi connectivity index (χ2n) is 5.93. The molecule has 0 saturated carbocycles. The molecule has 1 aliphatic rings. The number of urea groups is 1. The molecule has 6 nitrogen and oxygen atoms in total. The standard InChI is InChI=1S/C17H26N4O2.ClH/c1-3-17(4-2,12-18)15(22)20-13-7-5-8-14(11-13)21-10-6-9-19-16(21)23;/h5,7-8,11H,3-4,6,9-10,12,18H2,1-2H3,(H,19,23)(H,20,22);1H. The molecular formula is C17H27ClN4O2. The van der Waals surface area contributed by atoms with Crippen LogP contribution in [0.25, 0.3) is 0 Å². The van der Waals surface area contributed by atoms with Crippen LogP contribution in [0.3, 0.4) is 0 Å². The van der Waals surface area contributed by atoms with E-state index < -0.39 is 5.41 Å². The van der Waals surface area contributed by atoms with Gasteiger partial charge >= 0.3 is 6.03 Å². The number of amides is 3. The highest BCUT2D eigenvalue weighted by Crippen LogP contribution is 2.28. The lowest BCUT2D eigenvalue weighted by molar-refractivity contribution is -0.125. The van der Waals surface area contributed by atoms with Crippen LogP contribution in [0.5, 0.6) is 0 Å². The molecule has 134 valence electrons. The molecule has 7 heteroatoms. The Hall–Kier alpha value is -1.79. The zero-order valence-electron chi connectivity index (χ0n) is 14.3. The van der Waals surface area contributed by atoms with Crippen molar-refractivity contribution in [2.24, 2.45) is 11.1 Å². The first-order valence-corrected chi connectivity index (χ1v) is 8.23. The second-order valence-corrected chi connectivity index (χ2v) is 5.93. The molecule has 1 aromatic rings. The predicted octanol–water partition coefficient (Wildman–Crippen LogP) is 2.73. The second kappa shape index (κ2) is 8.89. The van der Waals surface area contributed by atoms with Crippen molar-refractivity contribution in [1.29, 1.82) is 0 Å². The van der Waals surface area contributed by atoms with Crippen molar-refractivity contribution in [1.82, 2.24) is 5.32 Å². The molecule has 1 aliphatic heterocycles. The van der Waals surface area contributed by atoms with Crippen molar-refractivity contribution in [3.05, 3.63) is 24.3 Å². The molecule has 1 aromatic carbocycles. The fourth-order valence-corrected chi connectivity index (χ4v) is 2.84. The van der Waals surface area contributed by atoms with Crippen molar-refractivity contribution in [2.75, 3.05) is 29.9 Å². The zero-order valence-corrected chi connectivity index (χ0v) is 15.1. The lowest BCUT2D eigenvalue weighted by Crippen LogP contribution is -2.46. The van der Waals surface area contributed by atoms with E-state index >= 15 is 0 Å². The molecule has 0 unspecified atom stereocenters. The highest BCUT2D eigenvalue weighted by atomic mass is 35.5. The number of halogens is 1. The van der Waals surface area contributed by atoms with Gasteiger partial charge in [-0.25, -0.2) is 4.79 Å². The number of rotatable bonds is 6. The number of hydrogen-bond donors (Lipinski definition) is 3. The fraction of sp³-hybridized carbons (Fsp3) is 0.529. The van der Waals surface area contributed by atoms with E-state index in [1.807, 2.05) is 38.1 Å². The number of benzene rings is 1. The molecule has 1 fully saturated rings. The number of nitrogens with two attached hydrogens (primary N) is 1. The van der Waals surface area contributed by atoms with Crippen molar-refractivity contribution in [3.8, 4) is 0 Å². The number of hydrogen-bond acceptors (Lipinski definition) is 3. The molecule has 4 N–H and O–H groups in total. The molecule has 2 rings (SSSR count). The average Bonchev–Trinajstić information content (AvgIpc) is 2.57. The van der Waals surface area contributed by atoms with Gasteiger partial charge in [0.15, 0.2) is 0 Å². The average molecular weight is 355 g/mol. The van der Waals surface area contributed by atoms with Crippen molar-refractivity contribution in [2.45, 2.75) is 33.1 Å². The van der Waals surface area contributed by atoms with Crippen LogP contribution in [0.15, 0.2) is 24.3 Å². The molecule has 0 aromatic heterocycles. The molecule has 3 amide bonds. The van der Waals surface area contributed by atoms with Gasteiger partial charge < -0.3 is 16.4 Å². The van der Waals surface area contributed by atoms with Crippen LogP contribution in [0.1, 0.15) is 33.1 Å². The van der Waals surface area contributed by atoms with Gasteiger partial charge in [-0.1, -0.05) is 19.9 Å². The van der Waals surface area contributed by atoms with E-state index in [0.717, 1.165) is 12.1 Å². The van der Waals surface area contributed by atoms with E-state index in [9.17, 15) is 9.59 Å². The Morgan fingerprint density at radius 3 is 2.67 bits per heavy atom. The SMILES string of the molecule is CCC(CC)(CN)C(=O)Nc1cccc(N2CCCNC2=O)c1.Cl. The summed E-state index contributed by atoms with van der Waals surface area (Å²) in [6, 6.07) is 7.27. The van der Waals surface area contributed by atoms with E-state index in [-0.39, 0.29) is 24.3 Å². The van der Waals surface area contributed by atoms with Gasteiger partial charge in [-0.2, -0.15) is 0 Å². The van der Waals surface area contributed by atoms with Crippen LogP contribution in [-0.2, 0) is 4.79 Å². The van der Waals surface area contributed by atoms with Crippen molar-refractivity contribution < 1.29 is 9.59 Å². The van der Waals surface area contributed by atoms with Crippen LogP contribution in [-0.4, -0.2) is 31.6 Å². The van der Waals surface area contributed by atoms with Crippen molar-refractivity contribution >= 4 is 35.7 Å². The van der Waals surface area contributed by atoms with Gasteiger partial charge in [-0.3, -0.25) is 9.69 Å². The normalized spacial score (nSPS) is 14.6. The Bertz CT molecular complexity index is 567. The maximum Gasteiger partial charge on any atom is 0.321 e. The summed E-state index contributed by atoms with van der Waals surface area (Å²) >= 11 is 0. The largest absolute Gasteiger partial charge is 0.338 e. The van der Waals surface area contributed by atoms with Gasteiger partial charge in [0.2, 0.25) is 5.91 Å². The Balaban J connectivity index is 0.00000288. The molecule has 0 aliphatic carbocycles. The molecule has 1 saturated heterocycles. The lowest BCUT2D eigenvalue weighted by Gasteiger charge is -2.29. The van der Waals surface area contributed by atoms with E-state index in [1.165, 1.54) is 0 Å². The first-order chi connectivity index (χ1) is 11.1. The van der Waals surface area contributed by atoms with Crippen LogP contribution < -0.4 is 21.3 Å². The van der Waals surface area contributed by atoms with Gasteiger partial charge in [0.25, 0.3) is 0 Å². The Morgan fingerprint density at radius 2 is 2.08 bits per heavy atom. The summed E-state index contributed by atoms with van der Waals surface area (Å²) in [5.74, 6) is -0.0646. The highest BCUT2D eigenvalue weighted by molar-refractivity contribution is 5.97. The number of carbonyl (C=O) groups is 2. The fourth-order valence-electron chi connectivity index (χ4n) is 2.84. The third-order valence-electron chi connectivity index (χ3n) is 4.72. The zero-order chi connectivity index (χ0) is 16.9. The Labute approximate surface area is 149 Å². The predicted molar refractivity (Wildman–Crippen MR) is 99.8 cm³/mol. The quantitative estimate of drug-likeness (QED) is 0.734. The van der Waals surface area contributed by atoms with Gasteiger partial charge in [0.1, 0.15) is 0 Å². The van der Waals surface area contributed by atoms with E-state index in [2.05, 4.69) is 10.6 Å². The molecule has 0 spiro atoms.